The molecule has 31 heavy (non-hydrogen) atoms. The van der Waals surface area contributed by atoms with Gasteiger partial charge in [-0.2, -0.15) is 0 Å². The highest BCUT2D eigenvalue weighted by Crippen LogP contribution is 2.17. The molecule has 1 aliphatic heterocycles. The molecule has 10 nitrogen and oxygen atoms in total. The zero-order valence-corrected chi connectivity index (χ0v) is 19.0. The van der Waals surface area contributed by atoms with Gasteiger partial charge in [0, 0.05) is 43.8 Å². The van der Waals surface area contributed by atoms with Crippen molar-refractivity contribution in [2.75, 3.05) is 43.5 Å². The predicted octanol–water partition coefficient (Wildman–Crippen LogP) is 2.67. The zero-order valence-electron chi connectivity index (χ0n) is 17.4. The van der Waals surface area contributed by atoms with E-state index >= 15 is 0 Å². The molecule has 1 aliphatic rings. The molecule has 0 bridgehead atoms. The first kappa shape index (κ1) is 24.2. The van der Waals surface area contributed by atoms with Crippen molar-refractivity contribution in [1.82, 2.24) is 15.5 Å². The second kappa shape index (κ2) is 13.3. The summed E-state index contributed by atoms with van der Waals surface area (Å²) >= 11 is 3.42. The number of amides is 4. The van der Waals surface area contributed by atoms with Crippen LogP contribution in [0.3, 0.4) is 0 Å². The number of nitrogens with two attached hydrogens (primary N) is 1. The van der Waals surface area contributed by atoms with E-state index in [0.29, 0.717) is 36.5 Å². The van der Waals surface area contributed by atoms with E-state index in [2.05, 4.69) is 53.9 Å². The quantitative estimate of drug-likeness (QED) is 0.195. The topological polar surface area (TPSA) is 136 Å². The molecule has 1 heterocycles. The van der Waals surface area contributed by atoms with Gasteiger partial charge >= 0.3 is 12.1 Å². The fraction of sp³-hybridized carbons (Fsp3) is 0.400. The molecule has 1 fully saturated rings. The van der Waals surface area contributed by atoms with Gasteiger partial charge in [0.05, 0.1) is 4.48 Å². The molecule has 11 heteroatoms. The molecule has 6 N–H and O–H groups in total. The van der Waals surface area contributed by atoms with Crippen molar-refractivity contribution in [2.45, 2.75) is 19.3 Å². The minimum absolute atomic E-state index is 0.0732. The highest BCUT2D eigenvalue weighted by Gasteiger charge is 2.17. The van der Waals surface area contributed by atoms with E-state index in [0.717, 1.165) is 37.3 Å². The first-order valence-electron chi connectivity index (χ1n) is 10.0. The molecule has 1 aromatic rings. The summed E-state index contributed by atoms with van der Waals surface area (Å²) in [5.74, 6) is 0.595. The number of urea groups is 2. The van der Waals surface area contributed by atoms with Gasteiger partial charge in [-0.05, 0) is 60.1 Å². The summed E-state index contributed by atoms with van der Waals surface area (Å²) in [6, 6.07) is 6.87. The van der Waals surface area contributed by atoms with Gasteiger partial charge in [-0.15, -0.1) is 0 Å². The van der Waals surface area contributed by atoms with Crippen LogP contribution in [-0.4, -0.2) is 62.4 Å². The first-order chi connectivity index (χ1) is 15.0. The van der Waals surface area contributed by atoms with Crippen molar-refractivity contribution in [2.24, 2.45) is 15.7 Å². The Hall–Kier alpha value is -3.08. The molecule has 0 unspecified atom stereocenters. The number of hydrogen-bond acceptors (Lipinski definition) is 5. The second-order valence-electron chi connectivity index (χ2n) is 6.78. The third-order valence-corrected chi connectivity index (χ3v) is 4.98. The number of amidine groups is 1. The third kappa shape index (κ3) is 9.08. The highest BCUT2D eigenvalue weighted by molar-refractivity contribution is 9.12. The number of primary amides is 1. The number of halogens is 1. The van der Waals surface area contributed by atoms with Crippen LogP contribution in [0.5, 0.6) is 0 Å². The van der Waals surface area contributed by atoms with E-state index in [4.69, 9.17) is 5.73 Å². The monoisotopic (exact) mass is 492 g/mol. The summed E-state index contributed by atoms with van der Waals surface area (Å²) in [4.78, 5) is 33.0. The fourth-order valence-corrected chi connectivity index (χ4v) is 3.31. The molecule has 168 valence electrons. The van der Waals surface area contributed by atoms with Gasteiger partial charge in [-0.25, -0.2) is 14.6 Å². The average molecular weight is 493 g/mol. The maximum Gasteiger partial charge on any atom is 0.321 e. The first-order valence-corrected chi connectivity index (χ1v) is 10.8. The number of hydrogen-bond donors (Lipinski definition) is 5. The lowest BCUT2D eigenvalue weighted by atomic mass is 10.3. The Balaban J connectivity index is 1.89. The van der Waals surface area contributed by atoms with Crippen molar-refractivity contribution in [3.05, 3.63) is 34.9 Å². The number of aliphatic imine (C=N–C) groups is 2. The maximum absolute atomic E-state index is 12.3. The van der Waals surface area contributed by atoms with Crippen molar-refractivity contribution < 1.29 is 9.59 Å². The lowest BCUT2D eigenvalue weighted by Gasteiger charge is -2.16. The predicted molar refractivity (Wildman–Crippen MR) is 129 cm³/mol. The summed E-state index contributed by atoms with van der Waals surface area (Å²) in [6.07, 6.45) is 4.32. The summed E-state index contributed by atoms with van der Waals surface area (Å²) in [5, 5.41) is 11.9. The average Bonchev–Trinajstić information content (AvgIpc) is 3.27. The Bertz CT molecular complexity index is 821. The van der Waals surface area contributed by atoms with E-state index in [1.54, 1.807) is 6.20 Å². The number of benzene rings is 1. The standard InChI is InChI=1S/C20H29BrN8O2/c1-23-13-17(21)18(24-8-5-9-25-19(22)30)27-14-26-15-6-4-7-16(12-15)28-20(31)29-10-2-3-11-29/h4,6-7,12-13,26H,1-3,5,8-11,14H2,(H,24,27)(H,28,31)(H3,22,25,30)/b17-13+. The molecule has 0 atom stereocenters. The smallest absolute Gasteiger partial charge is 0.321 e. The highest BCUT2D eigenvalue weighted by atomic mass is 79.9. The van der Waals surface area contributed by atoms with E-state index in [1.807, 2.05) is 29.2 Å². The van der Waals surface area contributed by atoms with Gasteiger partial charge in [0.15, 0.2) is 0 Å². The molecular weight excluding hydrogens is 464 g/mol. The lowest BCUT2D eigenvalue weighted by molar-refractivity contribution is 0.222. The molecule has 0 aliphatic carbocycles. The summed E-state index contributed by atoms with van der Waals surface area (Å²) in [5.41, 5.74) is 6.60. The Labute approximate surface area is 190 Å². The molecule has 0 spiro atoms. The summed E-state index contributed by atoms with van der Waals surface area (Å²) < 4.78 is 0.652. The van der Waals surface area contributed by atoms with E-state index in [9.17, 15) is 9.59 Å². The molecule has 1 saturated heterocycles. The Kier molecular flexibility index (Phi) is 10.4. The number of anilines is 2. The minimum atomic E-state index is -0.547. The number of carbonyl (C=O) groups is 2. The van der Waals surface area contributed by atoms with Crippen LogP contribution < -0.4 is 27.0 Å². The number of nitrogens with zero attached hydrogens (tertiary/aromatic N) is 3. The van der Waals surface area contributed by atoms with Gasteiger partial charge < -0.3 is 31.9 Å². The van der Waals surface area contributed by atoms with Gasteiger partial charge in [0.1, 0.15) is 12.5 Å². The maximum atomic E-state index is 12.3. The van der Waals surface area contributed by atoms with E-state index in [-0.39, 0.29) is 6.03 Å². The normalized spacial score (nSPS) is 14.2. The fourth-order valence-electron chi connectivity index (χ4n) is 2.90. The second-order valence-corrected chi connectivity index (χ2v) is 7.63. The number of likely N-dealkylation sites (tertiary alicyclic amines) is 1. The van der Waals surface area contributed by atoms with Crippen molar-refractivity contribution in [3.63, 3.8) is 0 Å². The van der Waals surface area contributed by atoms with Gasteiger partial charge in [0.25, 0.3) is 0 Å². The molecule has 0 aromatic heterocycles. The minimum Gasteiger partial charge on any atom is -0.369 e. The molecule has 0 radical (unpaired) electrons. The van der Waals surface area contributed by atoms with Crippen LogP contribution >= 0.6 is 15.9 Å². The SMILES string of the molecule is C=N/C=C(Br)\C(=N/CNc1cccc(NC(=O)N2CCCC2)c1)NCCCNC(N)=O. The summed E-state index contributed by atoms with van der Waals surface area (Å²) in [7, 11) is 0. The number of nitrogens with one attached hydrogen (secondary N) is 4. The molecule has 1 aromatic carbocycles. The van der Waals surface area contributed by atoms with E-state index < -0.39 is 6.03 Å². The zero-order chi connectivity index (χ0) is 22.5. The van der Waals surface area contributed by atoms with Crippen molar-refractivity contribution in [3.8, 4) is 0 Å². The molecule has 4 amide bonds. The van der Waals surface area contributed by atoms with Crippen LogP contribution in [0.25, 0.3) is 0 Å². The number of carbonyl (C=O) groups excluding carboxylic acids is 2. The Morgan fingerprint density at radius 2 is 1.90 bits per heavy atom. The number of rotatable bonds is 10. The van der Waals surface area contributed by atoms with Crippen LogP contribution in [0.15, 0.2) is 44.9 Å². The van der Waals surface area contributed by atoms with Crippen molar-refractivity contribution in [1.29, 1.82) is 0 Å². The largest absolute Gasteiger partial charge is 0.369 e. The van der Waals surface area contributed by atoms with Crippen LogP contribution in [0, 0.1) is 0 Å². The molecule has 0 saturated carbocycles. The lowest BCUT2D eigenvalue weighted by Crippen LogP contribution is -2.33. The Morgan fingerprint density at radius 3 is 2.61 bits per heavy atom. The Morgan fingerprint density at radius 1 is 1.19 bits per heavy atom. The van der Waals surface area contributed by atoms with Crippen LogP contribution in [0.1, 0.15) is 19.3 Å². The molecule has 2 rings (SSSR count). The van der Waals surface area contributed by atoms with Gasteiger partial charge in [-0.3, -0.25) is 4.99 Å². The molecular formula is C20H29BrN8O2. The van der Waals surface area contributed by atoms with Crippen LogP contribution in [0.4, 0.5) is 21.0 Å². The third-order valence-electron chi connectivity index (χ3n) is 4.40. The van der Waals surface area contributed by atoms with Gasteiger partial charge in [0.2, 0.25) is 0 Å². The van der Waals surface area contributed by atoms with Crippen LogP contribution in [0.2, 0.25) is 0 Å². The van der Waals surface area contributed by atoms with E-state index in [1.165, 1.54) is 0 Å². The summed E-state index contributed by atoms with van der Waals surface area (Å²) in [6.45, 7) is 6.39. The van der Waals surface area contributed by atoms with Gasteiger partial charge in [-0.1, -0.05) is 6.07 Å². The van der Waals surface area contributed by atoms with Crippen molar-refractivity contribution >= 4 is 51.9 Å². The van der Waals surface area contributed by atoms with Crippen LogP contribution in [-0.2, 0) is 0 Å².